The van der Waals surface area contributed by atoms with Gasteiger partial charge in [0, 0.05) is 28.6 Å². The van der Waals surface area contributed by atoms with Crippen LogP contribution in [-0.2, 0) is 4.79 Å². The number of amides is 1. The SMILES string of the molecule is C[C@]12CCCC[C@@H]1[C@H]2C(=O)N/N=C\c1cc([N+](=O)[O-])ccc1Cl. The standard InChI is InChI=1S/C16H18ClN3O3/c1-16-7-3-2-4-12(16)14(16)15(21)19-18-9-10-8-11(20(22)23)5-6-13(10)17/h5-6,8-9,12,14H,2-4,7H2,1H3,(H,19,21)/b18-9-/t12-,14+,16+/m1/s1. The molecular formula is C16H18ClN3O3. The van der Waals surface area contributed by atoms with Crippen LogP contribution in [0.2, 0.25) is 5.02 Å². The van der Waals surface area contributed by atoms with Crippen LogP contribution >= 0.6 is 11.6 Å². The zero-order valence-corrected chi connectivity index (χ0v) is 13.5. The lowest BCUT2D eigenvalue weighted by molar-refractivity contribution is -0.384. The molecule has 1 aromatic carbocycles. The van der Waals surface area contributed by atoms with E-state index in [0.717, 1.165) is 12.8 Å². The van der Waals surface area contributed by atoms with E-state index in [9.17, 15) is 14.9 Å². The molecule has 1 amide bonds. The van der Waals surface area contributed by atoms with Crippen molar-refractivity contribution in [1.82, 2.24) is 5.43 Å². The zero-order chi connectivity index (χ0) is 16.6. The maximum atomic E-state index is 12.3. The van der Waals surface area contributed by atoms with Crippen molar-refractivity contribution in [3.63, 3.8) is 0 Å². The fourth-order valence-electron chi connectivity index (χ4n) is 3.83. The summed E-state index contributed by atoms with van der Waals surface area (Å²) in [7, 11) is 0. The van der Waals surface area contributed by atoms with E-state index < -0.39 is 4.92 Å². The summed E-state index contributed by atoms with van der Waals surface area (Å²) in [6.07, 6.45) is 5.92. The molecule has 1 N–H and O–H groups in total. The van der Waals surface area contributed by atoms with Crippen molar-refractivity contribution in [3.05, 3.63) is 38.9 Å². The lowest BCUT2D eigenvalue weighted by Crippen LogP contribution is -2.22. The van der Waals surface area contributed by atoms with Gasteiger partial charge in [-0.2, -0.15) is 5.10 Å². The molecule has 1 aromatic rings. The third-order valence-corrected chi connectivity index (χ3v) is 5.53. The van der Waals surface area contributed by atoms with Crippen molar-refractivity contribution < 1.29 is 9.72 Å². The quantitative estimate of drug-likeness (QED) is 0.519. The van der Waals surface area contributed by atoms with E-state index in [1.807, 2.05) is 0 Å². The second-order valence-corrected chi connectivity index (χ2v) is 6.94. The number of carbonyl (C=O) groups is 1. The van der Waals surface area contributed by atoms with Crippen molar-refractivity contribution in [3.8, 4) is 0 Å². The molecule has 2 aliphatic rings. The normalized spacial score (nSPS) is 29.1. The van der Waals surface area contributed by atoms with Crippen LogP contribution in [0.5, 0.6) is 0 Å². The minimum absolute atomic E-state index is 0.0303. The molecule has 7 heteroatoms. The Morgan fingerprint density at radius 3 is 2.96 bits per heavy atom. The van der Waals surface area contributed by atoms with Gasteiger partial charge in [0.1, 0.15) is 0 Å². The van der Waals surface area contributed by atoms with Crippen LogP contribution in [0.3, 0.4) is 0 Å². The van der Waals surface area contributed by atoms with E-state index in [1.54, 1.807) is 0 Å². The van der Waals surface area contributed by atoms with Gasteiger partial charge < -0.3 is 0 Å². The summed E-state index contributed by atoms with van der Waals surface area (Å²) in [5.74, 6) is 0.424. The van der Waals surface area contributed by atoms with E-state index in [-0.39, 0.29) is 22.9 Å². The molecule has 2 fully saturated rings. The molecule has 122 valence electrons. The van der Waals surface area contributed by atoms with Crippen molar-refractivity contribution in [2.24, 2.45) is 22.4 Å². The maximum Gasteiger partial charge on any atom is 0.270 e. The largest absolute Gasteiger partial charge is 0.273 e. The van der Waals surface area contributed by atoms with Gasteiger partial charge in [-0.3, -0.25) is 14.9 Å². The third-order valence-electron chi connectivity index (χ3n) is 5.18. The van der Waals surface area contributed by atoms with Crippen molar-refractivity contribution in [1.29, 1.82) is 0 Å². The molecule has 6 nitrogen and oxygen atoms in total. The zero-order valence-electron chi connectivity index (χ0n) is 12.8. The number of halogens is 1. The van der Waals surface area contributed by atoms with Crippen molar-refractivity contribution in [2.75, 3.05) is 0 Å². The molecule has 0 bridgehead atoms. The number of rotatable bonds is 4. The van der Waals surface area contributed by atoms with Gasteiger partial charge in [0.25, 0.3) is 5.69 Å². The fraction of sp³-hybridized carbons (Fsp3) is 0.500. The summed E-state index contributed by atoms with van der Waals surface area (Å²) in [6.45, 7) is 2.17. The molecule has 0 heterocycles. The minimum Gasteiger partial charge on any atom is -0.273 e. The highest BCUT2D eigenvalue weighted by Crippen LogP contribution is 2.66. The second-order valence-electron chi connectivity index (χ2n) is 6.53. The Labute approximate surface area is 139 Å². The number of non-ortho nitro benzene ring substituents is 1. The molecule has 0 unspecified atom stereocenters. The summed E-state index contributed by atoms with van der Waals surface area (Å²) < 4.78 is 0. The Balaban J connectivity index is 1.64. The topological polar surface area (TPSA) is 84.6 Å². The molecule has 2 aliphatic carbocycles. The number of benzene rings is 1. The summed E-state index contributed by atoms with van der Waals surface area (Å²) in [6, 6.07) is 4.10. The van der Waals surface area contributed by atoms with Crippen LogP contribution < -0.4 is 5.43 Å². The fourth-order valence-corrected chi connectivity index (χ4v) is 4.00. The van der Waals surface area contributed by atoms with Crippen LogP contribution in [0.1, 0.15) is 38.2 Å². The number of nitrogens with zero attached hydrogens (tertiary/aromatic N) is 2. The number of fused-ring (bicyclic) bond motifs is 1. The van der Waals surface area contributed by atoms with Gasteiger partial charge in [-0.1, -0.05) is 31.4 Å². The molecular weight excluding hydrogens is 318 g/mol. The number of hydrogen-bond donors (Lipinski definition) is 1. The predicted octanol–water partition coefficient (Wildman–Crippen LogP) is 3.52. The lowest BCUT2D eigenvalue weighted by Gasteiger charge is -2.15. The molecule has 0 aromatic heterocycles. The smallest absolute Gasteiger partial charge is 0.270 e. The van der Waals surface area contributed by atoms with Gasteiger partial charge in [-0.05, 0) is 30.2 Å². The minimum atomic E-state index is -0.498. The first kappa shape index (κ1) is 15.9. The first-order valence-corrected chi connectivity index (χ1v) is 8.08. The van der Waals surface area contributed by atoms with Gasteiger partial charge in [-0.15, -0.1) is 0 Å². The van der Waals surface area contributed by atoms with Crippen molar-refractivity contribution >= 4 is 29.4 Å². The molecule has 0 aliphatic heterocycles. The maximum absolute atomic E-state index is 12.3. The highest BCUT2D eigenvalue weighted by Gasteiger charge is 2.64. The average Bonchev–Trinajstić information content (AvgIpc) is 3.14. The molecule has 0 saturated heterocycles. The molecule has 0 spiro atoms. The molecule has 3 rings (SSSR count). The first-order valence-electron chi connectivity index (χ1n) is 7.70. The monoisotopic (exact) mass is 335 g/mol. The van der Waals surface area contributed by atoms with E-state index in [0.29, 0.717) is 16.5 Å². The Kier molecular flexibility index (Phi) is 4.10. The van der Waals surface area contributed by atoms with Crippen LogP contribution in [0.15, 0.2) is 23.3 Å². The molecule has 2 saturated carbocycles. The van der Waals surface area contributed by atoms with E-state index in [4.69, 9.17) is 11.6 Å². The first-order chi connectivity index (χ1) is 10.9. The average molecular weight is 336 g/mol. The summed E-state index contributed by atoms with van der Waals surface area (Å²) in [4.78, 5) is 22.5. The second kappa shape index (κ2) is 5.92. The van der Waals surface area contributed by atoms with Gasteiger partial charge in [0.15, 0.2) is 0 Å². The number of nitro groups is 1. The van der Waals surface area contributed by atoms with Crippen LogP contribution in [0.25, 0.3) is 0 Å². The third kappa shape index (κ3) is 2.95. The van der Waals surface area contributed by atoms with E-state index >= 15 is 0 Å². The molecule has 0 radical (unpaired) electrons. The van der Waals surface area contributed by atoms with Crippen molar-refractivity contribution in [2.45, 2.75) is 32.6 Å². The number of hydrogen-bond acceptors (Lipinski definition) is 4. The van der Waals surface area contributed by atoms with Crippen LogP contribution in [0.4, 0.5) is 5.69 Å². The van der Waals surface area contributed by atoms with Gasteiger partial charge in [-0.25, -0.2) is 5.43 Å². The number of nitro benzene ring substituents is 1. The highest BCUT2D eigenvalue weighted by atomic mass is 35.5. The number of nitrogens with one attached hydrogen (secondary N) is 1. The van der Waals surface area contributed by atoms with Gasteiger partial charge in [0.05, 0.1) is 11.1 Å². The predicted molar refractivity (Wildman–Crippen MR) is 87.4 cm³/mol. The van der Waals surface area contributed by atoms with E-state index in [1.165, 1.54) is 37.3 Å². The van der Waals surface area contributed by atoms with Gasteiger partial charge in [0.2, 0.25) is 5.91 Å². The summed E-state index contributed by atoms with van der Waals surface area (Å²) >= 11 is 5.99. The van der Waals surface area contributed by atoms with E-state index in [2.05, 4.69) is 17.5 Å². The van der Waals surface area contributed by atoms with Crippen LogP contribution in [-0.4, -0.2) is 17.0 Å². The van der Waals surface area contributed by atoms with Gasteiger partial charge >= 0.3 is 0 Å². The Morgan fingerprint density at radius 1 is 1.52 bits per heavy atom. The summed E-state index contributed by atoms with van der Waals surface area (Å²) in [5.41, 5.74) is 3.02. The Morgan fingerprint density at radius 2 is 2.30 bits per heavy atom. The summed E-state index contributed by atoms with van der Waals surface area (Å²) in [5, 5.41) is 15.0. The Hall–Kier alpha value is -1.95. The Bertz CT molecular complexity index is 691. The highest BCUT2D eigenvalue weighted by molar-refractivity contribution is 6.33. The molecule has 3 atom stereocenters. The van der Waals surface area contributed by atoms with Crippen LogP contribution in [0, 0.1) is 27.4 Å². The molecule has 23 heavy (non-hydrogen) atoms. The number of carbonyl (C=O) groups excluding carboxylic acids is 1. The lowest BCUT2D eigenvalue weighted by atomic mass is 9.90. The number of hydrazone groups is 1.